The van der Waals surface area contributed by atoms with Gasteiger partial charge in [-0.15, -0.1) is 0 Å². The Balaban J connectivity index is 3.03. The molecule has 0 heterocycles. The first-order chi connectivity index (χ1) is 5.13. The zero-order valence-electron chi connectivity index (χ0n) is 5.86. The summed E-state index contributed by atoms with van der Waals surface area (Å²) >= 11 is 0.224. The molecule has 0 spiro atoms. The zero-order chi connectivity index (χ0) is 8.69. The van der Waals surface area contributed by atoms with Gasteiger partial charge in [0.25, 0.3) is 12.3 Å². The van der Waals surface area contributed by atoms with Gasteiger partial charge in [0, 0.05) is 13.8 Å². The Morgan fingerprint density at radius 2 is 1.36 bits per heavy atom. The van der Waals surface area contributed by atoms with Crippen molar-refractivity contribution in [2.75, 3.05) is 0 Å². The van der Waals surface area contributed by atoms with Crippen molar-refractivity contribution < 1.29 is 28.0 Å². The molecule has 0 N–H and O–H groups in total. The van der Waals surface area contributed by atoms with Crippen LogP contribution in [-0.2, 0) is 28.0 Å². The molecule has 0 aliphatic heterocycles. The monoisotopic (exact) mass is 182 g/mol. The number of hydrogen-bond acceptors (Lipinski definition) is 7. The minimum Gasteiger partial charge on any atom is -0.284 e. The second kappa shape index (κ2) is 5.96. The molecule has 0 saturated heterocycles. The molecule has 0 saturated carbocycles. The van der Waals surface area contributed by atoms with Crippen molar-refractivity contribution in [2.45, 2.75) is 13.8 Å². The summed E-state index contributed by atoms with van der Waals surface area (Å²) in [6.45, 7) is 2.29. The molecule has 0 aromatic rings. The first-order valence-electron chi connectivity index (χ1n) is 2.48. The predicted molar refractivity (Wildman–Crippen MR) is 33.3 cm³/mol. The smallest absolute Gasteiger partial charge is 0.284 e. The normalized spacial score (nSPS) is 8.91. The van der Waals surface area contributed by atoms with Crippen LogP contribution in [0.5, 0.6) is 0 Å². The van der Waals surface area contributed by atoms with E-state index in [1.165, 1.54) is 0 Å². The molecule has 0 fully saturated rings. The summed E-state index contributed by atoms with van der Waals surface area (Å²) in [4.78, 5) is 27.9. The maximum atomic E-state index is 10.0. The van der Waals surface area contributed by atoms with Crippen LogP contribution < -0.4 is 0 Å². The molecule has 0 atom stereocenters. The number of rotatable bonds is 4. The molecule has 7 heteroatoms. The number of carbonyl (C=O) groups excluding carboxylic acids is 2. The van der Waals surface area contributed by atoms with Crippen LogP contribution >= 0.6 is 12.3 Å². The summed E-state index contributed by atoms with van der Waals surface area (Å²) in [5, 5.41) is 0. The van der Waals surface area contributed by atoms with Crippen molar-refractivity contribution >= 4 is 24.3 Å². The van der Waals surface area contributed by atoms with E-state index in [1.54, 1.807) is 0 Å². The quantitative estimate of drug-likeness (QED) is 0.272. The van der Waals surface area contributed by atoms with Crippen LogP contribution in [0.3, 0.4) is 0 Å². The third-order valence-electron chi connectivity index (χ3n) is 0.358. The number of hydrogen-bond donors (Lipinski definition) is 0. The highest BCUT2D eigenvalue weighted by molar-refractivity contribution is 7.89. The highest BCUT2D eigenvalue weighted by Crippen LogP contribution is 2.05. The second-order valence-corrected chi connectivity index (χ2v) is 1.76. The van der Waals surface area contributed by atoms with Gasteiger partial charge in [0.2, 0.25) is 0 Å². The van der Waals surface area contributed by atoms with E-state index in [1.807, 2.05) is 0 Å². The topological polar surface area (TPSA) is 71.1 Å². The van der Waals surface area contributed by atoms with Crippen LogP contribution in [0.1, 0.15) is 13.8 Å². The van der Waals surface area contributed by atoms with Crippen molar-refractivity contribution in [3.63, 3.8) is 0 Å². The lowest BCUT2D eigenvalue weighted by Gasteiger charge is -1.96. The van der Waals surface area contributed by atoms with Gasteiger partial charge in [-0.2, -0.15) is 0 Å². The summed E-state index contributed by atoms with van der Waals surface area (Å²) in [6.07, 6.45) is 0. The Morgan fingerprint density at radius 1 is 1.00 bits per heavy atom. The van der Waals surface area contributed by atoms with Crippen molar-refractivity contribution in [3.8, 4) is 0 Å². The van der Waals surface area contributed by atoms with E-state index in [-0.39, 0.29) is 12.3 Å². The van der Waals surface area contributed by atoms with Gasteiger partial charge >= 0.3 is 11.9 Å². The fraction of sp³-hybridized carbons (Fsp3) is 0.500. The van der Waals surface area contributed by atoms with Crippen LogP contribution in [0.15, 0.2) is 0 Å². The van der Waals surface area contributed by atoms with Gasteiger partial charge in [-0.05, 0) is 0 Å². The predicted octanol–water partition coefficient (Wildman–Crippen LogP) is 0.539. The lowest BCUT2D eigenvalue weighted by molar-refractivity contribution is -0.229. The highest BCUT2D eigenvalue weighted by atomic mass is 32.2. The highest BCUT2D eigenvalue weighted by Gasteiger charge is 1.98. The lowest BCUT2D eigenvalue weighted by Crippen LogP contribution is -1.98. The van der Waals surface area contributed by atoms with E-state index in [9.17, 15) is 9.59 Å². The first-order valence-corrected chi connectivity index (χ1v) is 3.15. The van der Waals surface area contributed by atoms with E-state index < -0.39 is 11.9 Å². The van der Waals surface area contributed by atoms with Crippen LogP contribution in [0.2, 0.25) is 0 Å². The van der Waals surface area contributed by atoms with Gasteiger partial charge in [0.05, 0.1) is 0 Å². The second-order valence-electron chi connectivity index (χ2n) is 1.35. The molecule has 64 valence electrons. The minimum atomic E-state index is -0.635. The Hall–Kier alpha value is -0.790. The van der Waals surface area contributed by atoms with Crippen molar-refractivity contribution in [2.24, 2.45) is 0 Å². The summed E-state index contributed by atoms with van der Waals surface area (Å²) in [6, 6.07) is 0. The molecule has 0 radical (unpaired) electrons. The minimum absolute atomic E-state index is 0.224. The summed E-state index contributed by atoms with van der Waals surface area (Å²) in [5.74, 6) is -1.27. The summed E-state index contributed by atoms with van der Waals surface area (Å²) in [5.41, 5.74) is 0. The van der Waals surface area contributed by atoms with Gasteiger partial charge in [0.15, 0.2) is 0 Å². The van der Waals surface area contributed by atoms with Gasteiger partial charge in [0.1, 0.15) is 0 Å². The Bertz CT molecular complexity index is 130. The maximum absolute atomic E-state index is 10.0. The molecule has 0 unspecified atom stereocenters. The fourth-order valence-electron chi connectivity index (χ4n) is 0.135. The van der Waals surface area contributed by atoms with Gasteiger partial charge in [-0.3, -0.25) is 9.78 Å². The van der Waals surface area contributed by atoms with E-state index in [2.05, 4.69) is 18.4 Å². The maximum Gasteiger partial charge on any atom is 0.340 e. The van der Waals surface area contributed by atoms with Crippen LogP contribution in [0.25, 0.3) is 0 Å². The molecule has 0 rings (SSSR count). The van der Waals surface area contributed by atoms with E-state index in [0.29, 0.717) is 0 Å². The molecule has 0 bridgehead atoms. The van der Waals surface area contributed by atoms with E-state index in [0.717, 1.165) is 13.8 Å². The van der Waals surface area contributed by atoms with Crippen LogP contribution in [0, 0.1) is 0 Å². The SMILES string of the molecule is CC(=O)OOSOOC(C)=O. The average Bonchev–Trinajstić information content (AvgIpc) is 1.85. The molecule has 6 nitrogen and oxygen atoms in total. The van der Waals surface area contributed by atoms with Gasteiger partial charge in [-0.1, -0.05) is 8.67 Å². The van der Waals surface area contributed by atoms with Gasteiger partial charge < -0.3 is 0 Å². The fourth-order valence-corrected chi connectivity index (χ4v) is 0.405. The molecule has 0 aliphatic rings. The van der Waals surface area contributed by atoms with Gasteiger partial charge in [-0.25, -0.2) is 9.59 Å². The summed E-state index contributed by atoms with van der Waals surface area (Å²) < 4.78 is 8.03. The Kier molecular flexibility index (Phi) is 5.53. The molecular weight excluding hydrogens is 176 g/mol. The molecule has 0 aliphatic carbocycles. The molecule has 0 aromatic carbocycles. The standard InChI is InChI=1S/C4H6O6S/c1-3(5)7-9-11-10-8-4(2)6/h1-2H3. The van der Waals surface area contributed by atoms with Crippen molar-refractivity contribution in [1.29, 1.82) is 0 Å². The first kappa shape index (κ1) is 10.2. The zero-order valence-corrected chi connectivity index (χ0v) is 6.67. The number of carbonyl (C=O) groups is 2. The third kappa shape index (κ3) is 9.21. The molecular formula is C4H6O6S. The Morgan fingerprint density at radius 3 is 1.64 bits per heavy atom. The lowest BCUT2D eigenvalue weighted by atomic mass is 10.9. The van der Waals surface area contributed by atoms with E-state index >= 15 is 0 Å². The Labute approximate surface area is 67.0 Å². The van der Waals surface area contributed by atoms with Crippen molar-refractivity contribution in [1.82, 2.24) is 0 Å². The average molecular weight is 182 g/mol. The summed E-state index contributed by atoms with van der Waals surface area (Å²) in [7, 11) is 0. The molecule has 11 heavy (non-hydrogen) atoms. The van der Waals surface area contributed by atoms with Crippen LogP contribution in [-0.4, -0.2) is 11.9 Å². The third-order valence-corrected chi connectivity index (χ3v) is 0.605. The van der Waals surface area contributed by atoms with E-state index in [4.69, 9.17) is 0 Å². The molecule has 0 amide bonds. The molecule has 0 aromatic heterocycles. The van der Waals surface area contributed by atoms with Crippen LogP contribution in [0.4, 0.5) is 0 Å². The van der Waals surface area contributed by atoms with Crippen molar-refractivity contribution in [3.05, 3.63) is 0 Å². The largest absolute Gasteiger partial charge is 0.340 e.